The van der Waals surface area contributed by atoms with E-state index in [1.807, 2.05) is 0 Å². The molecule has 0 spiro atoms. The first-order chi connectivity index (χ1) is 5.54. The Labute approximate surface area is 73.0 Å². The fourth-order valence-electron chi connectivity index (χ4n) is 0.837. The van der Waals surface area contributed by atoms with E-state index in [9.17, 15) is 10.1 Å². The molecule has 0 aliphatic heterocycles. The maximum atomic E-state index is 10.4. The Morgan fingerprint density at radius 2 is 2.33 bits per heavy atom. The minimum atomic E-state index is -0.675. The second-order valence-corrected chi connectivity index (χ2v) is 2.67. The van der Waals surface area contributed by atoms with Gasteiger partial charge in [0.1, 0.15) is 6.20 Å². The predicted octanol–water partition coefficient (Wildman–Crippen LogP) is 1.67. The predicted molar refractivity (Wildman–Crippen MR) is 43.8 cm³/mol. The standard InChI is InChI=1S/C6H6N2O3S/c1-4-5(12)2-3-7(9)6(4)8(10)11/h2-3,9H,1H3. The van der Waals surface area contributed by atoms with Crippen molar-refractivity contribution >= 4 is 18.0 Å². The van der Waals surface area contributed by atoms with E-state index in [0.29, 0.717) is 14.8 Å². The Hall–Kier alpha value is -1.43. The third-order valence-electron chi connectivity index (χ3n) is 1.46. The fourth-order valence-corrected chi connectivity index (χ4v) is 0.989. The minimum absolute atomic E-state index is 0.292. The molecule has 0 aromatic carbocycles. The van der Waals surface area contributed by atoms with Crippen LogP contribution in [0.25, 0.3) is 0 Å². The molecule has 0 atom stereocenters. The van der Waals surface area contributed by atoms with Crippen molar-refractivity contribution in [3.8, 4) is 0 Å². The molecule has 0 saturated heterocycles. The van der Waals surface area contributed by atoms with E-state index in [-0.39, 0.29) is 5.82 Å². The summed E-state index contributed by atoms with van der Waals surface area (Å²) < 4.78 is 0.817. The van der Waals surface area contributed by atoms with E-state index in [1.165, 1.54) is 13.0 Å². The van der Waals surface area contributed by atoms with Crippen molar-refractivity contribution in [1.29, 1.82) is 0 Å². The quantitative estimate of drug-likeness (QED) is 0.313. The lowest BCUT2D eigenvalue weighted by atomic mass is 10.3. The zero-order chi connectivity index (χ0) is 9.30. The number of hydrogen-bond acceptors (Lipinski definition) is 4. The molecular weight excluding hydrogens is 180 g/mol. The average Bonchev–Trinajstić information content (AvgIpc) is 1.97. The number of rotatable bonds is 1. The van der Waals surface area contributed by atoms with Crippen LogP contribution >= 0.6 is 12.2 Å². The number of aromatic nitrogens is 1. The molecule has 0 bridgehead atoms. The van der Waals surface area contributed by atoms with E-state index in [2.05, 4.69) is 0 Å². The van der Waals surface area contributed by atoms with Crippen LogP contribution in [0.5, 0.6) is 0 Å². The highest BCUT2D eigenvalue weighted by Crippen LogP contribution is 2.16. The van der Waals surface area contributed by atoms with Gasteiger partial charge in [0.25, 0.3) is 0 Å². The van der Waals surface area contributed by atoms with E-state index in [1.54, 1.807) is 0 Å². The molecule has 1 aromatic heterocycles. The Morgan fingerprint density at radius 3 is 2.75 bits per heavy atom. The van der Waals surface area contributed by atoms with Gasteiger partial charge in [-0.15, -0.1) is 0 Å². The largest absolute Gasteiger partial charge is 0.365 e. The molecule has 64 valence electrons. The van der Waals surface area contributed by atoms with Crippen molar-refractivity contribution in [2.45, 2.75) is 6.92 Å². The summed E-state index contributed by atoms with van der Waals surface area (Å²) in [5.41, 5.74) is 0.292. The van der Waals surface area contributed by atoms with Gasteiger partial charge in [0.2, 0.25) is 0 Å². The molecule has 0 fully saturated rings. The van der Waals surface area contributed by atoms with Crippen molar-refractivity contribution in [2.24, 2.45) is 0 Å². The van der Waals surface area contributed by atoms with E-state index in [4.69, 9.17) is 17.4 Å². The normalized spacial score (nSPS) is 9.75. The molecule has 0 aliphatic carbocycles. The van der Waals surface area contributed by atoms with Gasteiger partial charge in [-0.25, -0.2) is 0 Å². The summed E-state index contributed by atoms with van der Waals surface area (Å²) in [6.45, 7) is 1.49. The molecule has 12 heavy (non-hydrogen) atoms. The van der Waals surface area contributed by atoms with Crippen LogP contribution < -0.4 is 0 Å². The van der Waals surface area contributed by atoms with Crippen LogP contribution in [0, 0.1) is 21.5 Å². The van der Waals surface area contributed by atoms with Crippen LogP contribution in [0.1, 0.15) is 5.56 Å². The molecule has 1 heterocycles. The van der Waals surface area contributed by atoms with Crippen LogP contribution in [0.15, 0.2) is 12.3 Å². The fraction of sp³-hybridized carbons (Fsp3) is 0.167. The summed E-state index contributed by atoms with van der Waals surface area (Å²) in [5, 5.41) is 19.4. The van der Waals surface area contributed by atoms with Gasteiger partial charge in [0.05, 0.1) is 10.1 Å². The Morgan fingerprint density at radius 1 is 1.75 bits per heavy atom. The van der Waals surface area contributed by atoms with Crippen LogP contribution in [0.2, 0.25) is 0 Å². The van der Waals surface area contributed by atoms with Gasteiger partial charge < -0.3 is 15.3 Å². The second kappa shape index (κ2) is 2.90. The van der Waals surface area contributed by atoms with Gasteiger partial charge in [0, 0.05) is 6.07 Å². The topological polar surface area (TPSA) is 68.3 Å². The maximum absolute atomic E-state index is 10.4. The summed E-state index contributed by atoms with van der Waals surface area (Å²) in [6, 6.07) is 1.43. The Bertz CT molecular complexity index is 385. The lowest BCUT2D eigenvalue weighted by molar-refractivity contribution is -0.398. The SMILES string of the molecule is Cc1c([N+](=O)[O-])n(O)ccc1=S. The van der Waals surface area contributed by atoms with Crippen molar-refractivity contribution in [2.75, 3.05) is 0 Å². The van der Waals surface area contributed by atoms with Gasteiger partial charge in [0.15, 0.2) is 0 Å². The first-order valence-corrected chi connectivity index (χ1v) is 3.50. The zero-order valence-corrected chi connectivity index (χ0v) is 7.04. The molecular formula is C6H6N2O3S. The van der Waals surface area contributed by atoms with Crippen molar-refractivity contribution in [3.05, 3.63) is 32.5 Å². The average molecular weight is 186 g/mol. The number of nitrogens with zero attached hydrogens (tertiary/aromatic N) is 2. The summed E-state index contributed by atoms with van der Waals surface area (Å²) >= 11 is 4.79. The molecule has 6 heteroatoms. The number of pyridine rings is 1. The zero-order valence-electron chi connectivity index (χ0n) is 6.22. The number of hydrogen-bond donors (Lipinski definition) is 1. The summed E-state index contributed by atoms with van der Waals surface area (Å²) in [5.74, 6) is -0.387. The third kappa shape index (κ3) is 1.28. The Kier molecular flexibility index (Phi) is 2.09. The van der Waals surface area contributed by atoms with E-state index in [0.717, 1.165) is 6.20 Å². The highest BCUT2D eigenvalue weighted by atomic mass is 32.1. The highest BCUT2D eigenvalue weighted by Gasteiger charge is 2.14. The van der Waals surface area contributed by atoms with Crippen molar-refractivity contribution in [1.82, 2.24) is 4.73 Å². The van der Waals surface area contributed by atoms with Crippen LogP contribution in [-0.2, 0) is 0 Å². The number of nitro groups is 1. The smallest absolute Gasteiger partial charge is 0.358 e. The maximum Gasteiger partial charge on any atom is 0.365 e. The van der Waals surface area contributed by atoms with Crippen molar-refractivity contribution < 1.29 is 10.1 Å². The first-order valence-electron chi connectivity index (χ1n) is 3.10. The van der Waals surface area contributed by atoms with E-state index < -0.39 is 4.92 Å². The lowest BCUT2D eigenvalue weighted by Gasteiger charge is -2.00. The molecule has 0 amide bonds. The first kappa shape index (κ1) is 8.66. The third-order valence-corrected chi connectivity index (χ3v) is 1.90. The van der Waals surface area contributed by atoms with Crippen LogP contribution in [-0.4, -0.2) is 14.9 Å². The molecule has 0 radical (unpaired) electrons. The molecule has 1 aromatic rings. The monoisotopic (exact) mass is 186 g/mol. The lowest BCUT2D eigenvalue weighted by Crippen LogP contribution is -2.04. The van der Waals surface area contributed by atoms with Gasteiger partial charge >= 0.3 is 5.82 Å². The van der Waals surface area contributed by atoms with Gasteiger partial charge in [-0.3, -0.25) is 0 Å². The molecule has 0 aliphatic rings. The van der Waals surface area contributed by atoms with Gasteiger partial charge in [-0.05, 0) is 16.6 Å². The summed E-state index contributed by atoms with van der Waals surface area (Å²) in [7, 11) is 0. The summed E-state index contributed by atoms with van der Waals surface area (Å²) in [6.07, 6.45) is 1.15. The van der Waals surface area contributed by atoms with Gasteiger partial charge in [-0.1, -0.05) is 12.2 Å². The van der Waals surface area contributed by atoms with Crippen molar-refractivity contribution in [3.63, 3.8) is 0 Å². The molecule has 0 saturated carbocycles. The van der Waals surface area contributed by atoms with Crippen LogP contribution in [0.4, 0.5) is 5.82 Å². The minimum Gasteiger partial charge on any atom is -0.358 e. The van der Waals surface area contributed by atoms with Crippen LogP contribution in [0.3, 0.4) is 0 Å². The summed E-state index contributed by atoms with van der Waals surface area (Å²) in [4.78, 5) is 9.70. The molecule has 5 nitrogen and oxygen atoms in total. The molecule has 1 rings (SSSR count). The second-order valence-electron chi connectivity index (χ2n) is 2.23. The molecule has 1 N–H and O–H groups in total. The molecule has 0 unspecified atom stereocenters. The van der Waals surface area contributed by atoms with E-state index >= 15 is 0 Å². The Balaban J connectivity index is 3.54. The highest BCUT2D eigenvalue weighted by molar-refractivity contribution is 7.71. The van der Waals surface area contributed by atoms with Gasteiger partial charge in [-0.2, -0.15) is 0 Å².